The number of hydrogen-bond donors (Lipinski definition) is 1. The summed E-state index contributed by atoms with van der Waals surface area (Å²) in [5.41, 5.74) is 0.120. The quantitative estimate of drug-likeness (QED) is 0.772. The van der Waals surface area contributed by atoms with Crippen LogP contribution in [0.3, 0.4) is 0 Å². The summed E-state index contributed by atoms with van der Waals surface area (Å²) in [6.45, 7) is 1.47. The van der Waals surface area contributed by atoms with Crippen LogP contribution < -0.4 is 0 Å². The molecule has 0 aliphatic heterocycles. The third-order valence-corrected chi connectivity index (χ3v) is 3.14. The number of sulfone groups is 1. The van der Waals surface area contributed by atoms with Crippen LogP contribution in [0.1, 0.15) is 16.1 Å². The Balaban J connectivity index is 2.92. The summed E-state index contributed by atoms with van der Waals surface area (Å²) in [6, 6.07) is 0. The Kier molecular flexibility index (Phi) is 2.35. The van der Waals surface area contributed by atoms with E-state index in [9.17, 15) is 13.2 Å². The number of carbonyl (C=O) groups is 1. The lowest BCUT2D eigenvalue weighted by atomic mass is 10.2. The van der Waals surface area contributed by atoms with Gasteiger partial charge in [-0.05, 0) is 6.92 Å². The predicted molar refractivity (Wildman–Crippen MR) is 55.6 cm³/mol. The Morgan fingerprint density at radius 3 is 2.59 bits per heavy atom. The minimum Gasteiger partial charge on any atom is -0.478 e. The maximum Gasteiger partial charge on any atom is 0.339 e. The molecule has 17 heavy (non-hydrogen) atoms. The molecule has 0 aliphatic carbocycles. The average Bonchev–Trinajstić information content (AvgIpc) is 2.61. The maximum absolute atomic E-state index is 11.4. The molecule has 8 nitrogen and oxygen atoms in total. The highest BCUT2D eigenvalue weighted by Gasteiger charge is 2.21. The number of aromatic nitrogens is 4. The third kappa shape index (κ3) is 1.73. The molecule has 1 N–H and O–H groups in total. The Morgan fingerprint density at radius 2 is 2.06 bits per heavy atom. The van der Waals surface area contributed by atoms with Gasteiger partial charge in [0.05, 0.1) is 5.56 Å². The van der Waals surface area contributed by atoms with Crippen LogP contribution in [0.4, 0.5) is 0 Å². The highest BCUT2D eigenvalue weighted by atomic mass is 32.2. The van der Waals surface area contributed by atoms with Crippen molar-refractivity contribution in [1.29, 1.82) is 0 Å². The molecule has 90 valence electrons. The smallest absolute Gasteiger partial charge is 0.339 e. The Labute approximate surface area is 95.9 Å². The molecule has 0 spiro atoms. The van der Waals surface area contributed by atoms with Gasteiger partial charge in [0, 0.05) is 18.1 Å². The standard InChI is InChI=1S/C8H8N4O4S/c1-4-5(6(13)14)3-9-7-10-11-8(12(4)7)17(2,15)16/h3H,1-2H3,(H,13,14). The molecule has 0 unspecified atom stereocenters. The Morgan fingerprint density at radius 1 is 1.41 bits per heavy atom. The van der Waals surface area contributed by atoms with Crippen molar-refractivity contribution >= 4 is 21.6 Å². The summed E-state index contributed by atoms with van der Waals surface area (Å²) in [5, 5.41) is 15.7. The first-order valence-electron chi connectivity index (χ1n) is 4.46. The van der Waals surface area contributed by atoms with Gasteiger partial charge < -0.3 is 5.11 Å². The lowest BCUT2D eigenvalue weighted by Crippen LogP contribution is -2.11. The molecule has 9 heteroatoms. The monoisotopic (exact) mass is 256 g/mol. The zero-order chi connectivity index (χ0) is 12.8. The highest BCUT2D eigenvalue weighted by molar-refractivity contribution is 7.90. The van der Waals surface area contributed by atoms with Gasteiger partial charge in [-0.15, -0.1) is 10.2 Å². The van der Waals surface area contributed by atoms with Gasteiger partial charge in [0.2, 0.25) is 9.84 Å². The first-order chi connectivity index (χ1) is 7.82. The van der Waals surface area contributed by atoms with E-state index in [1.165, 1.54) is 6.92 Å². The van der Waals surface area contributed by atoms with E-state index in [-0.39, 0.29) is 22.2 Å². The second-order valence-electron chi connectivity index (χ2n) is 3.45. The molecular formula is C8H8N4O4S. The van der Waals surface area contributed by atoms with E-state index in [2.05, 4.69) is 15.2 Å². The molecule has 2 aromatic heterocycles. The van der Waals surface area contributed by atoms with Gasteiger partial charge in [-0.25, -0.2) is 18.2 Å². The van der Waals surface area contributed by atoms with Gasteiger partial charge in [-0.2, -0.15) is 0 Å². The van der Waals surface area contributed by atoms with Crippen molar-refractivity contribution in [2.75, 3.05) is 6.26 Å². The number of carboxylic acids is 1. The molecule has 0 aliphatic rings. The van der Waals surface area contributed by atoms with Crippen LogP contribution in [-0.2, 0) is 9.84 Å². The van der Waals surface area contributed by atoms with Crippen LogP contribution in [0.25, 0.3) is 5.78 Å². The van der Waals surface area contributed by atoms with Crippen molar-refractivity contribution in [3.8, 4) is 0 Å². The van der Waals surface area contributed by atoms with E-state index in [0.717, 1.165) is 16.9 Å². The third-order valence-electron chi connectivity index (χ3n) is 2.21. The molecule has 0 bridgehead atoms. The normalized spacial score (nSPS) is 11.9. The van der Waals surface area contributed by atoms with Crippen LogP contribution in [0, 0.1) is 6.92 Å². The number of aromatic carboxylic acids is 1. The largest absolute Gasteiger partial charge is 0.478 e. The fraction of sp³-hybridized carbons (Fsp3) is 0.250. The van der Waals surface area contributed by atoms with E-state index in [1.807, 2.05) is 0 Å². The number of carboxylic acid groups (broad SMARTS) is 1. The number of rotatable bonds is 2. The van der Waals surface area contributed by atoms with Gasteiger partial charge >= 0.3 is 5.97 Å². The molecule has 0 aromatic carbocycles. The van der Waals surface area contributed by atoms with Crippen molar-refractivity contribution in [3.63, 3.8) is 0 Å². The van der Waals surface area contributed by atoms with Crippen molar-refractivity contribution in [1.82, 2.24) is 19.6 Å². The molecule has 0 fully saturated rings. The van der Waals surface area contributed by atoms with Crippen LogP contribution in [0.5, 0.6) is 0 Å². The summed E-state index contributed by atoms with van der Waals surface area (Å²) in [6.07, 6.45) is 2.09. The summed E-state index contributed by atoms with van der Waals surface area (Å²) in [4.78, 5) is 14.6. The minimum absolute atomic E-state index is 0.0490. The highest BCUT2D eigenvalue weighted by Crippen LogP contribution is 2.14. The maximum atomic E-state index is 11.4. The first-order valence-corrected chi connectivity index (χ1v) is 6.35. The summed E-state index contributed by atoms with van der Waals surface area (Å²) in [5.74, 6) is -1.14. The molecule has 0 atom stereocenters. The Bertz CT molecular complexity index is 718. The van der Waals surface area contributed by atoms with Crippen molar-refractivity contribution in [2.24, 2.45) is 0 Å². The first kappa shape index (κ1) is 11.5. The van der Waals surface area contributed by atoms with Gasteiger partial charge in [0.15, 0.2) is 0 Å². The van der Waals surface area contributed by atoms with Crippen LogP contribution in [0.2, 0.25) is 0 Å². The van der Waals surface area contributed by atoms with Crippen LogP contribution in [-0.4, -0.2) is 45.3 Å². The van der Waals surface area contributed by atoms with Gasteiger partial charge in [0.1, 0.15) is 0 Å². The van der Waals surface area contributed by atoms with Crippen LogP contribution >= 0.6 is 0 Å². The van der Waals surface area contributed by atoms with Gasteiger partial charge in [-0.3, -0.25) is 4.40 Å². The van der Waals surface area contributed by atoms with Gasteiger partial charge in [-0.1, -0.05) is 0 Å². The second kappa shape index (κ2) is 3.48. The average molecular weight is 256 g/mol. The predicted octanol–water partition coefficient (Wildman–Crippen LogP) is -0.466. The molecule has 0 saturated heterocycles. The molecule has 2 rings (SSSR count). The topological polar surface area (TPSA) is 115 Å². The molecule has 0 saturated carbocycles. The zero-order valence-electron chi connectivity index (χ0n) is 8.95. The minimum atomic E-state index is -3.59. The SMILES string of the molecule is Cc1c(C(=O)O)cnc2nnc(S(C)(=O)=O)n12. The molecule has 0 radical (unpaired) electrons. The number of fused-ring (bicyclic) bond motifs is 1. The molecular weight excluding hydrogens is 248 g/mol. The van der Waals surface area contributed by atoms with Gasteiger partial charge in [0.25, 0.3) is 10.9 Å². The number of hydrogen-bond acceptors (Lipinski definition) is 6. The number of nitrogens with zero attached hydrogens (tertiary/aromatic N) is 4. The molecule has 0 amide bonds. The lowest BCUT2D eigenvalue weighted by molar-refractivity contribution is 0.0695. The number of aryl methyl sites for hydroxylation is 1. The lowest BCUT2D eigenvalue weighted by Gasteiger charge is -2.04. The Hall–Kier alpha value is -2.03. The molecule has 2 aromatic rings. The fourth-order valence-corrected chi connectivity index (χ4v) is 2.16. The van der Waals surface area contributed by atoms with Crippen LogP contribution in [0.15, 0.2) is 11.4 Å². The van der Waals surface area contributed by atoms with E-state index in [1.54, 1.807) is 0 Å². The fourth-order valence-electron chi connectivity index (χ4n) is 1.43. The summed E-state index contributed by atoms with van der Waals surface area (Å²) < 4.78 is 24.0. The summed E-state index contributed by atoms with van der Waals surface area (Å²) in [7, 11) is -3.59. The second-order valence-corrected chi connectivity index (χ2v) is 5.36. The van der Waals surface area contributed by atoms with E-state index in [0.29, 0.717) is 0 Å². The summed E-state index contributed by atoms with van der Waals surface area (Å²) >= 11 is 0. The van der Waals surface area contributed by atoms with E-state index < -0.39 is 15.8 Å². The zero-order valence-corrected chi connectivity index (χ0v) is 9.76. The van der Waals surface area contributed by atoms with E-state index >= 15 is 0 Å². The van der Waals surface area contributed by atoms with Crippen molar-refractivity contribution < 1.29 is 18.3 Å². The van der Waals surface area contributed by atoms with Crippen molar-refractivity contribution in [2.45, 2.75) is 12.1 Å². The molecule has 2 heterocycles. The van der Waals surface area contributed by atoms with E-state index in [4.69, 9.17) is 5.11 Å². The van der Waals surface area contributed by atoms with Crippen molar-refractivity contribution in [3.05, 3.63) is 17.5 Å².